The van der Waals surface area contributed by atoms with Gasteiger partial charge in [-0.1, -0.05) is 6.07 Å². The van der Waals surface area contributed by atoms with E-state index in [0.29, 0.717) is 5.56 Å². The average Bonchev–Trinajstić information content (AvgIpc) is 2.26. The maximum atomic E-state index is 13.4. The number of hydrogen-bond acceptors (Lipinski definition) is 3. The summed E-state index contributed by atoms with van der Waals surface area (Å²) in [4.78, 5) is 0. The van der Waals surface area contributed by atoms with Crippen molar-refractivity contribution in [3.8, 4) is 5.75 Å². The summed E-state index contributed by atoms with van der Waals surface area (Å²) in [7, 11) is 3.00. The van der Waals surface area contributed by atoms with E-state index in [-0.39, 0.29) is 17.9 Å². The van der Waals surface area contributed by atoms with Crippen LogP contribution in [0.3, 0.4) is 0 Å². The van der Waals surface area contributed by atoms with E-state index in [0.717, 1.165) is 0 Å². The fourth-order valence-corrected chi connectivity index (χ4v) is 1.31. The highest BCUT2D eigenvalue weighted by Gasteiger charge is 2.15. The van der Waals surface area contributed by atoms with Crippen molar-refractivity contribution in [1.29, 1.82) is 0 Å². The van der Waals surface area contributed by atoms with Crippen LogP contribution in [-0.4, -0.2) is 20.3 Å². The first-order chi connectivity index (χ1) is 7.10. The zero-order chi connectivity index (χ0) is 11.4. The van der Waals surface area contributed by atoms with E-state index in [9.17, 15) is 4.39 Å². The summed E-state index contributed by atoms with van der Waals surface area (Å²) >= 11 is 0. The number of benzene rings is 1. The van der Waals surface area contributed by atoms with Gasteiger partial charge in [0.15, 0.2) is 11.6 Å². The molecule has 0 saturated carbocycles. The zero-order valence-electron chi connectivity index (χ0n) is 9.16. The van der Waals surface area contributed by atoms with Crippen LogP contribution in [0.15, 0.2) is 18.2 Å². The Bertz CT molecular complexity index is 330. The lowest BCUT2D eigenvalue weighted by atomic mass is 10.0. The first-order valence-corrected chi connectivity index (χ1v) is 4.72. The van der Waals surface area contributed by atoms with E-state index in [4.69, 9.17) is 15.2 Å². The van der Waals surface area contributed by atoms with E-state index < -0.39 is 5.82 Å². The second-order valence-electron chi connectivity index (χ2n) is 3.36. The molecule has 2 unspecified atom stereocenters. The lowest BCUT2D eigenvalue weighted by Gasteiger charge is -2.19. The van der Waals surface area contributed by atoms with Crippen molar-refractivity contribution in [2.75, 3.05) is 14.2 Å². The molecular weight excluding hydrogens is 197 g/mol. The maximum Gasteiger partial charge on any atom is 0.165 e. The van der Waals surface area contributed by atoms with Crippen LogP contribution in [0, 0.1) is 5.82 Å². The molecule has 4 heteroatoms. The van der Waals surface area contributed by atoms with Crippen molar-refractivity contribution in [2.45, 2.75) is 19.1 Å². The highest BCUT2D eigenvalue weighted by atomic mass is 19.1. The van der Waals surface area contributed by atoms with Gasteiger partial charge in [-0.25, -0.2) is 4.39 Å². The van der Waals surface area contributed by atoms with Crippen LogP contribution in [0.25, 0.3) is 0 Å². The van der Waals surface area contributed by atoms with Crippen LogP contribution >= 0.6 is 0 Å². The van der Waals surface area contributed by atoms with Crippen molar-refractivity contribution < 1.29 is 13.9 Å². The molecule has 0 bridgehead atoms. The summed E-state index contributed by atoms with van der Waals surface area (Å²) in [6, 6.07) is 4.34. The first kappa shape index (κ1) is 11.9. The van der Waals surface area contributed by atoms with Crippen molar-refractivity contribution in [1.82, 2.24) is 0 Å². The van der Waals surface area contributed by atoms with Crippen LogP contribution in [0.4, 0.5) is 4.39 Å². The Hall–Kier alpha value is -1.13. The molecule has 1 aromatic carbocycles. The van der Waals surface area contributed by atoms with Crippen LogP contribution in [-0.2, 0) is 4.74 Å². The monoisotopic (exact) mass is 213 g/mol. The minimum atomic E-state index is -0.409. The van der Waals surface area contributed by atoms with Gasteiger partial charge >= 0.3 is 0 Å². The molecule has 2 atom stereocenters. The number of rotatable bonds is 4. The third-order valence-corrected chi connectivity index (χ3v) is 2.44. The third-order valence-electron chi connectivity index (χ3n) is 2.44. The number of halogens is 1. The zero-order valence-corrected chi connectivity index (χ0v) is 9.16. The van der Waals surface area contributed by atoms with Gasteiger partial charge in [-0.3, -0.25) is 0 Å². The predicted molar refractivity (Wildman–Crippen MR) is 56.4 cm³/mol. The molecule has 0 saturated heterocycles. The Morgan fingerprint density at radius 1 is 1.33 bits per heavy atom. The van der Waals surface area contributed by atoms with Crippen molar-refractivity contribution in [3.05, 3.63) is 29.6 Å². The fourth-order valence-electron chi connectivity index (χ4n) is 1.31. The molecule has 0 heterocycles. The van der Waals surface area contributed by atoms with Crippen molar-refractivity contribution >= 4 is 0 Å². The molecule has 15 heavy (non-hydrogen) atoms. The van der Waals surface area contributed by atoms with E-state index in [2.05, 4.69) is 0 Å². The second kappa shape index (κ2) is 5.09. The minimum absolute atomic E-state index is 0.155. The molecule has 0 amide bonds. The van der Waals surface area contributed by atoms with Gasteiger partial charge in [0, 0.05) is 7.11 Å². The van der Waals surface area contributed by atoms with Crippen molar-refractivity contribution in [3.63, 3.8) is 0 Å². The van der Waals surface area contributed by atoms with E-state index >= 15 is 0 Å². The van der Waals surface area contributed by atoms with Gasteiger partial charge in [-0.15, -0.1) is 0 Å². The lowest BCUT2D eigenvalue weighted by molar-refractivity contribution is 0.0955. The molecule has 1 aromatic rings. The Morgan fingerprint density at radius 3 is 2.47 bits per heavy atom. The first-order valence-electron chi connectivity index (χ1n) is 4.72. The Labute approximate surface area is 89.0 Å². The summed E-state index contributed by atoms with van der Waals surface area (Å²) in [5.74, 6) is -0.190. The summed E-state index contributed by atoms with van der Waals surface area (Å²) in [6.45, 7) is 1.84. The summed E-state index contributed by atoms with van der Waals surface area (Å²) in [6.07, 6.45) is -0.155. The third kappa shape index (κ3) is 2.67. The van der Waals surface area contributed by atoms with Crippen molar-refractivity contribution in [2.24, 2.45) is 5.73 Å². The Kier molecular flexibility index (Phi) is 4.05. The topological polar surface area (TPSA) is 44.5 Å². The Balaban J connectivity index is 2.92. The minimum Gasteiger partial charge on any atom is -0.494 e. The van der Waals surface area contributed by atoms with Gasteiger partial charge in [0.2, 0.25) is 0 Å². The Morgan fingerprint density at radius 2 is 2.00 bits per heavy atom. The van der Waals surface area contributed by atoms with E-state index in [1.54, 1.807) is 19.2 Å². The average molecular weight is 213 g/mol. The molecule has 3 nitrogen and oxygen atoms in total. The van der Waals surface area contributed by atoms with Gasteiger partial charge in [-0.05, 0) is 24.6 Å². The number of methoxy groups -OCH3 is 2. The molecule has 1 rings (SSSR count). The van der Waals surface area contributed by atoms with E-state index in [1.165, 1.54) is 13.2 Å². The highest BCUT2D eigenvalue weighted by molar-refractivity contribution is 5.31. The largest absolute Gasteiger partial charge is 0.494 e. The number of ether oxygens (including phenoxy) is 2. The number of nitrogens with two attached hydrogens (primary N) is 1. The summed E-state index contributed by atoms with van der Waals surface area (Å²) in [5, 5.41) is 0. The van der Waals surface area contributed by atoms with Gasteiger partial charge in [0.25, 0.3) is 0 Å². The van der Waals surface area contributed by atoms with Gasteiger partial charge in [0.05, 0.1) is 19.3 Å². The molecule has 2 N–H and O–H groups in total. The molecule has 0 fully saturated rings. The fraction of sp³-hybridized carbons (Fsp3) is 0.455. The second-order valence-corrected chi connectivity index (χ2v) is 3.36. The lowest BCUT2D eigenvalue weighted by Crippen LogP contribution is -2.25. The molecule has 0 spiro atoms. The smallest absolute Gasteiger partial charge is 0.165 e. The normalized spacial score (nSPS) is 14.7. The summed E-state index contributed by atoms with van der Waals surface area (Å²) < 4.78 is 23.3. The maximum absolute atomic E-state index is 13.4. The number of hydrogen-bond donors (Lipinski definition) is 1. The van der Waals surface area contributed by atoms with Crippen LogP contribution in [0.1, 0.15) is 18.5 Å². The molecule has 0 radical (unpaired) electrons. The molecule has 0 aliphatic rings. The highest BCUT2D eigenvalue weighted by Crippen LogP contribution is 2.22. The van der Waals surface area contributed by atoms with Gasteiger partial charge < -0.3 is 15.2 Å². The molecule has 0 aliphatic heterocycles. The summed E-state index contributed by atoms with van der Waals surface area (Å²) in [5.41, 5.74) is 6.57. The quantitative estimate of drug-likeness (QED) is 0.830. The van der Waals surface area contributed by atoms with Gasteiger partial charge in [0.1, 0.15) is 0 Å². The molecule has 0 aromatic heterocycles. The van der Waals surface area contributed by atoms with Crippen LogP contribution in [0.5, 0.6) is 5.75 Å². The van der Waals surface area contributed by atoms with Gasteiger partial charge in [-0.2, -0.15) is 0 Å². The van der Waals surface area contributed by atoms with Crippen LogP contribution in [0.2, 0.25) is 0 Å². The molecule has 84 valence electrons. The molecule has 0 aliphatic carbocycles. The predicted octanol–water partition coefficient (Wildman–Crippen LogP) is 1.87. The van der Waals surface area contributed by atoms with Crippen LogP contribution < -0.4 is 10.5 Å². The van der Waals surface area contributed by atoms with E-state index in [1.807, 2.05) is 6.92 Å². The molecular formula is C11H16FNO2. The SMILES string of the molecule is COc1ccc(C(N)C(C)OC)cc1F. The standard InChI is InChI=1S/C11H16FNO2/c1-7(14-2)11(13)8-4-5-10(15-3)9(12)6-8/h4-7,11H,13H2,1-3H3.